The van der Waals surface area contributed by atoms with Gasteiger partial charge >= 0.3 is 0 Å². The quantitative estimate of drug-likeness (QED) is 0.627. The van der Waals surface area contributed by atoms with Gasteiger partial charge in [0.05, 0.1) is 25.6 Å². The summed E-state index contributed by atoms with van der Waals surface area (Å²) in [7, 11) is 0. The van der Waals surface area contributed by atoms with E-state index < -0.39 is 0 Å². The molecule has 0 N–H and O–H groups in total. The molecule has 0 saturated carbocycles. The molecule has 33 heavy (non-hydrogen) atoms. The number of carbonyl (C=O) groups excluding carboxylic acids is 1. The van der Waals surface area contributed by atoms with Crippen molar-refractivity contribution in [2.24, 2.45) is 5.92 Å². The molecule has 4 heterocycles. The number of hydrogen-bond acceptors (Lipinski definition) is 6. The molecular weight excluding hydrogens is 436 g/mol. The van der Waals surface area contributed by atoms with Crippen molar-refractivity contribution in [1.29, 1.82) is 0 Å². The zero-order valence-electron chi connectivity index (χ0n) is 19.5. The van der Waals surface area contributed by atoms with Crippen LogP contribution in [0.5, 0.6) is 0 Å². The first-order valence-corrected chi connectivity index (χ1v) is 12.6. The number of morpholine rings is 1. The molecule has 1 aromatic carbocycles. The van der Waals surface area contributed by atoms with Crippen molar-refractivity contribution < 1.29 is 9.53 Å². The molecular formula is C24H34N6O2S. The molecule has 3 fully saturated rings. The van der Waals surface area contributed by atoms with Gasteiger partial charge in [0.15, 0.2) is 0 Å². The van der Waals surface area contributed by atoms with Gasteiger partial charge in [-0.2, -0.15) is 0 Å². The number of nitrogens with zero attached hydrogens (tertiary/aromatic N) is 6. The third-order valence-electron chi connectivity index (χ3n) is 7.10. The minimum atomic E-state index is 0.123. The van der Waals surface area contributed by atoms with Gasteiger partial charge in [0.1, 0.15) is 0 Å². The maximum Gasteiger partial charge on any atom is 0.230 e. The summed E-state index contributed by atoms with van der Waals surface area (Å²) in [5.74, 6) is 1.37. The lowest BCUT2D eigenvalue weighted by Gasteiger charge is -2.35. The number of rotatable bonds is 5. The van der Waals surface area contributed by atoms with Crippen LogP contribution in [-0.2, 0) is 16.2 Å². The van der Waals surface area contributed by atoms with E-state index in [4.69, 9.17) is 22.1 Å². The molecule has 0 radical (unpaired) electrons. The van der Waals surface area contributed by atoms with Crippen LogP contribution < -0.4 is 4.90 Å². The number of likely N-dealkylation sites (tertiary alicyclic amines) is 1. The molecule has 0 spiro atoms. The zero-order chi connectivity index (χ0) is 22.8. The second kappa shape index (κ2) is 9.95. The summed E-state index contributed by atoms with van der Waals surface area (Å²) < 4.78 is 10.2. The topological polar surface area (TPSA) is 58.8 Å². The molecule has 8 nitrogen and oxygen atoms in total. The van der Waals surface area contributed by atoms with E-state index in [0.717, 1.165) is 68.5 Å². The van der Waals surface area contributed by atoms with Crippen LogP contribution in [0.15, 0.2) is 24.3 Å². The highest BCUT2D eigenvalue weighted by Crippen LogP contribution is 2.25. The number of carbonyl (C=O) groups is 1. The van der Waals surface area contributed by atoms with Crippen LogP contribution in [0.2, 0.25) is 0 Å². The summed E-state index contributed by atoms with van der Waals surface area (Å²) in [5, 5.41) is 4.98. The molecule has 2 aromatic rings. The normalized spacial score (nSPS) is 20.5. The Hall–Kier alpha value is -2.23. The van der Waals surface area contributed by atoms with Gasteiger partial charge in [-0.1, -0.05) is 17.7 Å². The fraction of sp³-hybridized carbons (Fsp3) is 0.625. The van der Waals surface area contributed by atoms with Crippen molar-refractivity contribution >= 4 is 24.1 Å². The summed E-state index contributed by atoms with van der Waals surface area (Å²) in [5.41, 5.74) is 2.29. The highest BCUT2D eigenvalue weighted by molar-refractivity contribution is 7.71. The highest BCUT2D eigenvalue weighted by Gasteiger charge is 2.30. The number of anilines is 1. The van der Waals surface area contributed by atoms with Crippen molar-refractivity contribution in [3.05, 3.63) is 34.6 Å². The zero-order valence-corrected chi connectivity index (χ0v) is 20.3. The first-order valence-electron chi connectivity index (χ1n) is 12.2. The smallest absolute Gasteiger partial charge is 0.230 e. The number of piperidine rings is 1. The van der Waals surface area contributed by atoms with E-state index in [2.05, 4.69) is 45.6 Å². The number of benzene rings is 1. The van der Waals surface area contributed by atoms with E-state index in [1.54, 1.807) is 0 Å². The first-order chi connectivity index (χ1) is 16.1. The average molecular weight is 471 g/mol. The summed E-state index contributed by atoms with van der Waals surface area (Å²) in [6.45, 7) is 9.35. The molecule has 9 heteroatoms. The predicted molar refractivity (Wildman–Crippen MR) is 130 cm³/mol. The van der Waals surface area contributed by atoms with Gasteiger partial charge in [0.25, 0.3) is 0 Å². The van der Waals surface area contributed by atoms with Crippen molar-refractivity contribution in [2.75, 3.05) is 57.4 Å². The van der Waals surface area contributed by atoms with E-state index >= 15 is 0 Å². The molecule has 0 unspecified atom stereocenters. The van der Waals surface area contributed by atoms with Gasteiger partial charge in [-0.25, -0.2) is 4.68 Å². The summed E-state index contributed by atoms with van der Waals surface area (Å²) in [6, 6.07) is 8.50. The Morgan fingerprint density at radius 3 is 2.36 bits per heavy atom. The molecule has 1 aromatic heterocycles. The van der Waals surface area contributed by atoms with E-state index in [0.29, 0.717) is 25.8 Å². The SMILES string of the molecule is Cc1ccc(-n2c(N3CCCC3)nn(CN3CCC(C(=O)N4CCOCC4)CC3)c2=S)cc1. The second-order valence-corrected chi connectivity index (χ2v) is 9.78. The largest absolute Gasteiger partial charge is 0.378 e. The predicted octanol–water partition coefficient (Wildman–Crippen LogP) is 2.84. The van der Waals surface area contributed by atoms with Crippen LogP contribution in [-0.4, -0.2) is 82.5 Å². The van der Waals surface area contributed by atoms with Gasteiger partial charge in [0, 0.05) is 45.2 Å². The standard InChI is InChI=1S/C24H34N6O2S/c1-19-4-6-21(7-5-19)30-23(28-10-2-3-11-28)25-29(24(30)33)18-26-12-8-20(9-13-26)22(31)27-14-16-32-17-15-27/h4-7,20H,2-3,8-18H2,1H3. The fourth-order valence-corrected chi connectivity index (χ4v) is 5.37. The molecule has 5 rings (SSSR count). The van der Waals surface area contributed by atoms with Gasteiger partial charge in [-0.05, 0) is 57.0 Å². The fourth-order valence-electron chi connectivity index (χ4n) is 5.08. The van der Waals surface area contributed by atoms with E-state index in [-0.39, 0.29) is 5.92 Å². The molecule has 3 saturated heterocycles. The first kappa shape index (κ1) is 22.6. The van der Waals surface area contributed by atoms with Crippen molar-refractivity contribution in [1.82, 2.24) is 24.1 Å². The van der Waals surface area contributed by atoms with Crippen LogP contribution in [0.25, 0.3) is 5.69 Å². The number of aryl methyl sites for hydroxylation is 1. The number of aromatic nitrogens is 3. The molecule has 1 amide bonds. The third-order valence-corrected chi connectivity index (χ3v) is 7.49. The van der Waals surface area contributed by atoms with Gasteiger partial charge in [-0.3, -0.25) is 14.3 Å². The van der Waals surface area contributed by atoms with Gasteiger partial charge < -0.3 is 14.5 Å². The van der Waals surface area contributed by atoms with Crippen molar-refractivity contribution in [3.63, 3.8) is 0 Å². The molecule has 3 aliphatic heterocycles. The third kappa shape index (κ3) is 4.85. The molecule has 3 aliphatic rings. The Morgan fingerprint density at radius 2 is 1.70 bits per heavy atom. The summed E-state index contributed by atoms with van der Waals surface area (Å²) in [4.78, 5) is 19.6. The van der Waals surface area contributed by atoms with Gasteiger partial charge in [0.2, 0.25) is 16.6 Å². The van der Waals surface area contributed by atoms with Crippen LogP contribution in [0.1, 0.15) is 31.2 Å². The minimum absolute atomic E-state index is 0.123. The maximum atomic E-state index is 12.9. The maximum absolute atomic E-state index is 12.9. The Balaban J connectivity index is 1.30. The number of ether oxygens (including phenoxy) is 1. The lowest BCUT2D eigenvalue weighted by molar-refractivity contribution is -0.141. The van der Waals surface area contributed by atoms with Crippen LogP contribution in [0.4, 0.5) is 5.95 Å². The van der Waals surface area contributed by atoms with Crippen molar-refractivity contribution in [3.8, 4) is 5.69 Å². The van der Waals surface area contributed by atoms with Crippen LogP contribution >= 0.6 is 12.2 Å². The van der Waals surface area contributed by atoms with Crippen LogP contribution in [0, 0.1) is 17.6 Å². The Labute approximate surface area is 200 Å². The lowest BCUT2D eigenvalue weighted by atomic mass is 9.95. The Bertz CT molecular complexity index is 1010. The molecule has 0 aliphatic carbocycles. The summed E-state index contributed by atoms with van der Waals surface area (Å²) in [6.07, 6.45) is 4.17. The number of hydrogen-bond donors (Lipinski definition) is 0. The average Bonchev–Trinajstić information content (AvgIpc) is 3.49. The molecule has 178 valence electrons. The van der Waals surface area contributed by atoms with Crippen molar-refractivity contribution in [2.45, 2.75) is 39.3 Å². The molecule has 0 atom stereocenters. The lowest BCUT2D eigenvalue weighted by Crippen LogP contribution is -2.47. The van der Waals surface area contributed by atoms with Gasteiger partial charge in [-0.15, -0.1) is 5.10 Å². The second-order valence-electron chi connectivity index (χ2n) is 9.42. The van der Waals surface area contributed by atoms with E-state index in [9.17, 15) is 4.79 Å². The number of amides is 1. The highest BCUT2D eigenvalue weighted by atomic mass is 32.1. The Morgan fingerprint density at radius 1 is 1.03 bits per heavy atom. The summed E-state index contributed by atoms with van der Waals surface area (Å²) >= 11 is 5.92. The van der Waals surface area contributed by atoms with Crippen LogP contribution in [0.3, 0.4) is 0 Å². The van der Waals surface area contributed by atoms with E-state index in [1.807, 2.05) is 9.58 Å². The Kier molecular flexibility index (Phi) is 6.80. The monoisotopic (exact) mass is 470 g/mol. The minimum Gasteiger partial charge on any atom is -0.378 e. The molecule has 0 bridgehead atoms. The van der Waals surface area contributed by atoms with E-state index in [1.165, 1.54) is 18.4 Å².